The number of anilines is 1. The molecule has 0 aliphatic rings. The van der Waals surface area contributed by atoms with Crippen molar-refractivity contribution in [1.29, 1.82) is 0 Å². The monoisotopic (exact) mass is 259 g/mol. The lowest BCUT2D eigenvalue weighted by Gasteiger charge is -2.15. The van der Waals surface area contributed by atoms with Crippen molar-refractivity contribution in [3.05, 3.63) is 23.1 Å². The first kappa shape index (κ1) is 13.5. The van der Waals surface area contributed by atoms with Crippen LogP contribution >= 0.6 is 0 Å². The first-order valence-electron chi connectivity index (χ1n) is 6.51. The fraction of sp³-hybridized carbons (Fsp3) is 0.500. The zero-order valence-electron chi connectivity index (χ0n) is 12.4. The second kappa shape index (κ2) is 4.99. The quantitative estimate of drug-likeness (QED) is 0.920. The van der Waals surface area contributed by atoms with E-state index in [9.17, 15) is 0 Å². The van der Waals surface area contributed by atoms with E-state index in [-0.39, 0.29) is 0 Å². The summed E-state index contributed by atoms with van der Waals surface area (Å²) in [6.45, 7) is 8.37. The first-order chi connectivity index (χ1) is 8.95. The standard InChI is InChI=1S/C14H21N5/c1-8(2)12-9(3)17-13(18-14(12)15-5)11-7-16-19(6)10(11)4/h7-8H,1-6H3,(H,15,17,18). The minimum absolute atomic E-state index is 0.395. The van der Waals surface area contributed by atoms with E-state index in [0.717, 1.165) is 28.6 Å². The Hall–Kier alpha value is -1.91. The fourth-order valence-corrected chi connectivity index (χ4v) is 2.30. The molecule has 0 spiro atoms. The molecule has 0 fully saturated rings. The third-order valence-electron chi connectivity index (χ3n) is 3.43. The van der Waals surface area contributed by atoms with Gasteiger partial charge in [0.2, 0.25) is 0 Å². The summed E-state index contributed by atoms with van der Waals surface area (Å²) >= 11 is 0. The normalized spacial score (nSPS) is 11.1. The van der Waals surface area contributed by atoms with Gasteiger partial charge in [-0.05, 0) is 19.8 Å². The van der Waals surface area contributed by atoms with Crippen molar-refractivity contribution in [3.63, 3.8) is 0 Å². The van der Waals surface area contributed by atoms with Crippen molar-refractivity contribution >= 4 is 5.82 Å². The average molecular weight is 259 g/mol. The van der Waals surface area contributed by atoms with Gasteiger partial charge in [-0.2, -0.15) is 5.10 Å². The van der Waals surface area contributed by atoms with E-state index in [0.29, 0.717) is 5.92 Å². The summed E-state index contributed by atoms with van der Waals surface area (Å²) < 4.78 is 1.84. The Kier molecular flexibility index (Phi) is 3.55. The van der Waals surface area contributed by atoms with Crippen LogP contribution in [0.4, 0.5) is 5.82 Å². The molecule has 2 heterocycles. The summed E-state index contributed by atoms with van der Waals surface area (Å²) in [5.74, 6) is 2.03. The third kappa shape index (κ3) is 2.32. The minimum atomic E-state index is 0.395. The Labute approximate surface area is 114 Å². The molecule has 2 aromatic rings. The van der Waals surface area contributed by atoms with Crippen LogP contribution in [0.2, 0.25) is 0 Å². The van der Waals surface area contributed by atoms with Gasteiger partial charge in [0, 0.05) is 31.0 Å². The van der Waals surface area contributed by atoms with Crippen molar-refractivity contribution in [1.82, 2.24) is 19.7 Å². The fourth-order valence-electron chi connectivity index (χ4n) is 2.30. The Morgan fingerprint density at radius 3 is 2.37 bits per heavy atom. The Balaban J connectivity index is 2.61. The highest BCUT2D eigenvalue weighted by Crippen LogP contribution is 2.28. The first-order valence-corrected chi connectivity index (χ1v) is 6.51. The van der Waals surface area contributed by atoms with Crippen LogP contribution in [-0.4, -0.2) is 26.8 Å². The van der Waals surface area contributed by atoms with Crippen molar-refractivity contribution in [2.75, 3.05) is 12.4 Å². The maximum absolute atomic E-state index is 4.64. The molecule has 0 saturated heterocycles. The number of nitrogens with zero attached hydrogens (tertiary/aromatic N) is 4. The summed E-state index contributed by atoms with van der Waals surface area (Å²) in [6, 6.07) is 0. The molecular formula is C14H21N5. The van der Waals surface area contributed by atoms with E-state index < -0.39 is 0 Å². The second-order valence-corrected chi connectivity index (χ2v) is 5.07. The Morgan fingerprint density at radius 2 is 1.89 bits per heavy atom. The second-order valence-electron chi connectivity index (χ2n) is 5.07. The number of nitrogens with one attached hydrogen (secondary N) is 1. The lowest BCUT2D eigenvalue weighted by molar-refractivity contribution is 0.740. The number of hydrogen-bond donors (Lipinski definition) is 1. The van der Waals surface area contributed by atoms with Crippen LogP contribution in [0.1, 0.15) is 36.7 Å². The number of aryl methyl sites for hydroxylation is 2. The molecule has 5 nitrogen and oxygen atoms in total. The lowest BCUT2D eigenvalue weighted by Crippen LogP contribution is -2.07. The van der Waals surface area contributed by atoms with E-state index in [2.05, 4.69) is 34.2 Å². The van der Waals surface area contributed by atoms with Gasteiger partial charge >= 0.3 is 0 Å². The van der Waals surface area contributed by atoms with Crippen molar-refractivity contribution in [2.24, 2.45) is 7.05 Å². The van der Waals surface area contributed by atoms with E-state index in [1.54, 1.807) is 0 Å². The molecule has 0 atom stereocenters. The third-order valence-corrected chi connectivity index (χ3v) is 3.43. The summed E-state index contributed by atoms with van der Waals surface area (Å²) in [5, 5.41) is 7.43. The van der Waals surface area contributed by atoms with Crippen LogP contribution in [0.25, 0.3) is 11.4 Å². The summed E-state index contributed by atoms with van der Waals surface area (Å²) in [4.78, 5) is 9.29. The van der Waals surface area contributed by atoms with Crippen molar-refractivity contribution in [3.8, 4) is 11.4 Å². The predicted molar refractivity (Wildman–Crippen MR) is 77.3 cm³/mol. The Bertz CT molecular complexity index is 598. The summed E-state index contributed by atoms with van der Waals surface area (Å²) in [7, 11) is 3.82. The zero-order valence-corrected chi connectivity index (χ0v) is 12.4. The summed E-state index contributed by atoms with van der Waals surface area (Å²) in [6.07, 6.45) is 1.82. The summed E-state index contributed by atoms with van der Waals surface area (Å²) in [5.41, 5.74) is 4.25. The van der Waals surface area contributed by atoms with Crippen LogP contribution < -0.4 is 5.32 Å². The van der Waals surface area contributed by atoms with E-state index in [4.69, 9.17) is 0 Å². The molecule has 0 unspecified atom stereocenters. The van der Waals surface area contributed by atoms with E-state index >= 15 is 0 Å². The highest BCUT2D eigenvalue weighted by atomic mass is 15.3. The van der Waals surface area contributed by atoms with Gasteiger partial charge in [0.1, 0.15) is 5.82 Å². The molecule has 0 radical (unpaired) electrons. The molecule has 19 heavy (non-hydrogen) atoms. The number of hydrogen-bond acceptors (Lipinski definition) is 4. The molecule has 0 amide bonds. The molecule has 0 aromatic carbocycles. The van der Waals surface area contributed by atoms with Crippen LogP contribution in [0.15, 0.2) is 6.20 Å². The smallest absolute Gasteiger partial charge is 0.165 e. The van der Waals surface area contributed by atoms with E-state index in [1.807, 2.05) is 38.8 Å². The molecule has 0 aliphatic carbocycles. The highest BCUT2D eigenvalue weighted by Gasteiger charge is 2.16. The molecule has 0 saturated carbocycles. The van der Waals surface area contributed by atoms with Crippen LogP contribution in [-0.2, 0) is 7.05 Å². The topological polar surface area (TPSA) is 55.6 Å². The molecule has 102 valence electrons. The molecule has 2 aromatic heterocycles. The van der Waals surface area contributed by atoms with Gasteiger partial charge in [-0.15, -0.1) is 0 Å². The minimum Gasteiger partial charge on any atom is -0.373 e. The maximum atomic E-state index is 4.64. The van der Waals surface area contributed by atoms with Crippen LogP contribution in [0, 0.1) is 13.8 Å². The van der Waals surface area contributed by atoms with Gasteiger partial charge in [0.15, 0.2) is 5.82 Å². The zero-order chi connectivity index (χ0) is 14.2. The molecular weight excluding hydrogens is 238 g/mol. The van der Waals surface area contributed by atoms with Crippen LogP contribution in [0.3, 0.4) is 0 Å². The van der Waals surface area contributed by atoms with Crippen molar-refractivity contribution < 1.29 is 0 Å². The molecule has 2 rings (SSSR count). The van der Waals surface area contributed by atoms with E-state index in [1.165, 1.54) is 5.56 Å². The van der Waals surface area contributed by atoms with Gasteiger partial charge in [-0.25, -0.2) is 9.97 Å². The average Bonchev–Trinajstić information content (AvgIpc) is 2.68. The molecule has 5 heteroatoms. The van der Waals surface area contributed by atoms with Gasteiger partial charge in [0.25, 0.3) is 0 Å². The van der Waals surface area contributed by atoms with Crippen molar-refractivity contribution in [2.45, 2.75) is 33.6 Å². The van der Waals surface area contributed by atoms with Gasteiger partial charge in [0.05, 0.1) is 11.8 Å². The molecule has 1 N–H and O–H groups in total. The predicted octanol–water partition coefficient (Wildman–Crippen LogP) is 2.66. The van der Waals surface area contributed by atoms with Crippen LogP contribution in [0.5, 0.6) is 0 Å². The highest BCUT2D eigenvalue weighted by molar-refractivity contribution is 5.61. The lowest BCUT2D eigenvalue weighted by atomic mass is 10.0. The Morgan fingerprint density at radius 1 is 1.21 bits per heavy atom. The van der Waals surface area contributed by atoms with Gasteiger partial charge in [-0.3, -0.25) is 4.68 Å². The van der Waals surface area contributed by atoms with Gasteiger partial charge < -0.3 is 5.32 Å². The SMILES string of the molecule is CNc1nc(-c2cnn(C)c2C)nc(C)c1C(C)C. The maximum Gasteiger partial charge on any atom is 0.165 e. The largest absolute Gasteiger partial charge is 0.373 e. The number of rotatable bonds is 3. The van der Waals surface area contributed by atoms with Gasteiger partial charge in [-0.1, -0.05) is 13.8 Å². The molecule has 0 aliphatic heterocycles. The number of aromatic nitrogens is 4. The molecule has 0 bridgehead atoms.